The largest absolute Gasteiger partial charge is 0.380 e. The summed E-state index contributed by atoms with van der Waals surface area (Å²) >= 11 is 9.14. The number of hydrogen-bond acceptors (Lipinski definition) is 2. The molecule has 0 bridgehead atoms. The van der Waals surface area contributed by atoms with Gasteiger partial charge >= 0.3 is 0 Å². The van der Waals surface area contributed by atoms with Gasteiger partial charge in [0.1, 0.15) is 0 Å². The second-order valence-corrected chi connectivity index (χ2v) is 8.05. The third-order valence-corrected chi connectivity index (χ3v) is 5.59. The van der Waals surface area contributed by atoms with Crippen molar-refractivity contribution >= 4 is 49.3 Å². The van der Waals surface area contributed by atoms with Crippen molar-refractivity contribution in [3.63, 3.8) is 0 Å². The molecule has 1 aromatic carbocycles. The highest BCUT2D eigenvalue weighted by Gasteiger charge is 2.32. The molecule has 1 atom stereocenters. The second-order valence-electron chi connectivity index (χ2n) is 5.13. The zero-order valence-electron chi connectivity index (χ0n) is 10.1. The van der Waals surface area contributed by atoms with Crippen molar-refractivity contribution in [2.45, 2.75) is 26.3 Å². The number of thioether (sulfide) groups is 1. The molecule has 0 spiro atoms. The Bertz CT molecular complexity index is 406. The van der Waals surface area contributed by atoms with E-state index >= 15 is 0 Å². The number of benzene rings is 1. The van der Waals surface area contributed by atoms with Crippen LogP contribution in [-0.4, -0.2) is 17.5 Å². The summed E-state index contributed by atoms with van der Waals surface area (Å²) in [5.41, 5.74) is 1.56. The SMILES string of the molecule is CC1(C)CCSCC1Nc1ccc(Br)cc1Br. The first-order chi connectivity index (χ1) is 7.99. The topological polar surface area (TPSA) is 12.0 Å². The van der Waals surface area contributed by atoms with Crippen molar-refractivity contribution in [2.24, 2.45) is 5.41 Å². The number of anilines is 1. The predicted octanol–water partition coefficient (Wildman–Crippen LogP) is 5.16. The zero-order valence-corrected chi connectivity index (χ0v) is 14.1. The van der Waals surface area contributed by atoms with Crippen LogP contribution in [0.25, 0.3) is 0 Å². The molecule has 1 aromatic rings. The van der Waals surface area contributed by atoms with Crippen LogP contribution in [0, 0.1) is 5.41 Å². The van der Waals surface area contributed by atoms with Gasteiger partial charge in [-0.25, -0.2) is 0 Å². The van der Waals surface area contributed by atoms with Gasteiger partial charge in [0, 0.05) is 26.4 Å². The normalized spacial score (nSPS) is 23.4. The Morgan fingerprint density at radius 3 is 2.76 bits per heavy atom. The van der Waals surface area contributed by atoms with Crippen LogP contribution in [0.1, 0.15) is 20.3 Å². The zero-order chi connectivity index (χ0) is 12.5. The minimum absolute atomic E-state index is 0.373. The van der Waals surface area contributed by atoms with Crippen LogP contribution in [-0.2, 0) is 0 Å². The molecule has 94 valence electrons. The Kier molecular flexibility index (Phi) is 4.48. The lowest BCUT2D eigenvalue weighted by atomic mass is 9.82. The van der Waals surface area contributed by atoms with Crippen LogP contribution in [0.15, 0.2) is 27.1 Å². The van der Waals surface area contributed by atoms with Crippen LogP contribution in [0.3, 0.4) is 0 Å². The highest BCUT2D eigenvalue weighted by Crippen LogP contribution is 2.37. The van der Waals surface area contributed by atoms with Gasteiger partial charge in [-0.2, -0.15) is 11.8 Å². The van der Waals surface area contributed by atoms with Crippen molar-refractivity contribution < 1.29 is 0 Å². The summed E-state index contributed by atoms with van der Waals surface area (Å²) in [5.74, 6) is 2.47. The summed E-state index contributed by atoms with van der Waals surface area (Å²) in [6.07, 6.45) is 1.28. The van der Waals surface area contributed by atoms with E-state index in [-0.39, 0.29) is 0 Å². The summed E-state index contributed by atoms with van der Waals surface area (Å²) in [6, 6.07) is 6.84. The van der Waals surface area contributed by atoms with Crippen molar-refractivity contribution in [2.75, 3.05) is 16.8 Å². The molecule has 1 aliphatic rings. The fourth-order valence-electron chi connectivity index (χ4n) is 1.97. The number of halogens is 2. The van der Waals surface area contributed by atoms with E-state index in [2.05, 4.69) is 69.2 Å². The van der Waals surface area contributed by atoms with E-state index in [4.69, 9.17) is 0 Å². The average Bonchev–Trinajstić information content (AvgIpc) is 2.24. The van der Waals surface area contributed by atoms with Gasteiger partial charge in [0.15, 0.2) is 0 Å². The predicted molar refractivity (Wildman–Crippen MR) is 85.0 cm³/mol. The molecule has 0 aliphatic carbocycles. The van der Waals surface area contributed by atoms with Gasteiger partial charge in [-0.3, -0.25) is 0 Å². The molecular weight excluding hydrogens is 362 g/mol. The van der Waals surface area contributed by atoms with Gasteiger partial charge in [-0.15, -0.1) is 0 Å². The molecular formula is C13H17Br2NS. The monoisotopic (exact) mass is 377 g/mol. The molecule has 1 unspecified atom stereocenters. The van der Waals surface area contributed by atoms with Gasteiger partial charge < -0.3 is 5.32 Å². The van der Waals surface area contributed by atoms with Crippen LogP contribution >= 0.6 is 43.6 Å². The molecule has 1 N–H and O–H groups in total. The Morgan fingerprint density at radius 1 is 1.35 bits per heavy atom. The van der Waals surface area contributed by atoms with Gasteiger partial charge in [0.25, 0.3) is 0 Å². The van der Waals surface area contributed by atoms with E-state index in [1.54, 1.807) is 0 Å². The molecule has 1 heterocycles. The molecule has 1 aliphatic heterocycles. The third-order valence-electron chi connectivity index (χ3n) is 3.38. The lowest BCUT2D eigenvalue weighted by Gasteiger charge is -2.39. The van der Waals surface area contributed by atoms with E-state index in [1.807, 2.05) is 11.8 Å². The Hall–Kier alpha value is 0.330. The second kappa shape index (κ2) is 5.54. The first-order valence-corrected chi connectivity index (χ1v) is 8.52. The van der Waals surface area contributed by atoms with Gasteiger partial charge in [-0.1, -0.05) is 29.8 Å². The Morgan fingerprint density at radius 2 is 2.12 bits per heavy atom. The quantitative estimate of drug-likeness (QED) is 0.763. The highest BCUT2D eigenvalue weighted by atomic mass is 79.9. The maximum Gasteiger partial charge on any atom is 0.0488 e. The van der Waals surface area contributed by atoms with E-state index < -0.39 is 0 Å². The summed E-state index contributed by atoms with van der Waals surface area (Å²) in [6.45, 7) is 4.72. The number of nitrogens with one attached hydrogen (secondary N) is 1. The van der Waals surface area contributed by atoms with Gasteiger partial charge in [0.2, 0.25) is 0 Å². The molecule has 1 saturated heterocycles. The average molecular weight is 379 g/mol. The molecule has 0 amide bonds. The molecule has 0 aromatic heterocycles. The Labute approximate surface area is 124 Å². The minimum Gasteiger partial charge on any atom is -0.380 e. The first kappa shape index (κ1) is 13.8. The maximum atomic E-state index is 3.68. The fourth-order valence-corrected chi connectivity index (χ4v) is 4.74. The lowest BCUT2D eigenvalue weighted by Crippen LogP contribution is -2.41. The van der Waals surface area contributed by atoms with Crippen LogP contribution in [0.2, 0.25) is 0 Å². The van der Waals surface area contributed by atoms with Crippen LogP contribution < -0.4 is 5.32 Å². The highest BCUT2D eigenvalue weighted by molar-refractivity contribution is 9.11. The minimum atomic E-state index is 0.373. The third kappa shape index (κ3) is 3.42. The summed E-state index contributed by atoms with van der Waals surface area (Å²) in [7, 11) is 0. The van der Waals surface area contributed by atoms with E-state index in [0.717, 1.165) is 8.95 Å². The van der Waals surface area contributed by atoms with E-state index in [0.29, 0.717) is 11.5 Å². The molecule has 0 radical (unpaired) electrons. The summed E-state index contributed by atoms with van der Waals surface area (Å²) < 4.78 is 2.23. The van der Waals surface area contributed by atoms with Crippen molar-refractivity contribution in [1.29, 1.82) is 0 Å². The van der Waals surface area contributed by atoms with Crippen molar-refractivity contribution in [1.82, 2.24) is 0 Å². The number of hydrogen-bond donors (Lipinski definition) is 1. The summed E-state index contributed by atoms with van der Waals surface area (Å²) in [5, 5.41) is 3.68. The fraction of sp³-hybridized carbons (Fsp3) is 0.538. The van der Waals surface area contributed by atoms with E-state index in [1.165, 1.54) is 23.6 Å². The standard InChI is InChI=1S/C13H17Br2NS/c1-13(2)5-6-17-8-12(13)16-11-4-3-9(14)7-10(11)15/h3-4,7,12,16H,5-6,8H2,1-2H3. The molecule has 17 heavy (non-hydrogen) atoms. The van der Waals surface area contributed by atoms with Crippen LogP contribution in [0.5, 0.6) is 0 Å². The maximum absolute atomic E-state index is 3.68. The molecule has 0 saturated carbocycles. The van der Waals surface area contributed by atoms with Gasteiger partial charge in [0.05, 0.1) is 0 Å². The number of rotatable bonds is 2. The van der Waals surface area contributed by atoms with Crippen LogP contribution in [0.4, 0.5) is 5.69 Å². The van der Waals surface area contributed by atoms with Gasteiger partial charge in [-0.05, 0) is 51.7 Å². The molecule has 2 rings (SSSR count). The van der Waals surface area contributed by atoms with Crippen molar-refractivity contribution in [3.8, 4) is 0 Å². The van der Waals surface area contributed by atoms with E-state index in [9.17, 15) is 0 Å². The smallest absolute Gasteiger partial charge is 0.0488 e. The first-order valence-electron chi connectivity index (χ1n) is 5.78. The Balaban J connectivity index is 2.14. The lowest BCUT2D eigenvalue weighted by molar-refractivity contribution is 0.305. The van der Waals surface area contributed by atoms with Crippen molar-refractivity contribution in [3.05, 3.63) is 27.1 Å². The molecule has 4 heteroatoms. The molecule has 1 fully saturated rings. The summed E-state index contributed by atoms with van der Waals surface area (Å²) in [4.78, 5) is 0. The molecule has 1 nitrogen and oxygen atoms in total.